The van der Waals surface area contributed by atoms with E-state index in [1.165, 1.54) is 10.5 Å². The number of likely N-dealkylation sites (tertiary alicyclic amines) is 1. The molecule has 30 heavy (non-hydrogen) atoms. The maximum Gasteiger partial charge on any atom is 0.265 e. The van der Waals surface area contributed by atoms with Crippen molar-refractivity contribution in [3.05, 3.63) is 48.7 Å². The van der Waals surface area contributed by atoms with E-state index in [-0.39, 0.29) is 10.8 Å². The van der Waals surface area contributed by atoms with Gasteiger partial charge in [-0.2, -0.15) is 0 Å². The molecule has 1 aliphatic heterocycles. The normalized spacial score (nSPS) is 15.0. The number of pyridine rings is 1. The van der Waals surface area contributed by atoms with Crippen LogP contribution in [0.25, 0.3) is 0 Å². The Morgan fingerprint density at radius 2 is 1.90 bits per heavy atom. The quantitative estimate of drug-likeness (QED) is 0.616. The molecular formula is C22H30N4O3S. The van der Waals surface area contributed by atoms with Crippen molar-refractivity contribution in [3.63, 3.8) is 0 Å². The van der Waals surface area contributed by atoms with Crippen LogP contribution in [0.5, 0.6) is 0 Å². The third-order valence-corrected chi connectivity index (χ3v) is 7.12. The molecule has 162 valence electrons. The first-order valence-corrected chi connectivity index (χ1v) is 12.0. The third-order valence-electron chi connectivity index (χ3n) is 5.24. The molecule has 0 aliphatic carbocycles. The van der Waals surface area contributed by atoms with Crippen molar-refractivity contribution in [2.24, 2.45) is 0 Å². The lowest BCUT2D eigenvalue weighted by Crippen LogP contribution is -2.32. The van der Waals surface area contributed by atoms with Gasteiger partial charge in [0.15, 0.2) is 0 Å². The molecule has 1 N–H and O–H groups in total. The van der Waals surface area contributed by atoms with Crippen molar-refractivity contribution in [2.75, 3.05) is 35.8 Å². The first-order chi connectivity index (χ1) is 14.5. The van der Waals surface area contributed by atoms with Crippen molar-refractivity contribution >= 4 is 27.4 Å². The zero-order valence-electron chi connectivity index (χ0n) is 17.5. The predicted octanol–water partition coefficient (Wildman–Crippen LogP) is 3.50. The molecule has 1 fully saturated rings. The second-order valence-electron chi connectivity index (χ2n) is 7.36. The fraction of sp³-hybridized carbons (Fsp3) is 0.455. The summed E-state index contributed by atoms with van der Waals surface area (Å²) in [5, 5.41) is 3.21. The molecule has 1 saturated heterocycles. The van der Waals surface area contributed by atoms with Gasteiger partial charge in [0.1, 0.15) is 10.7 Å². The van der Waals surface area contributed by atoms with E-state index in [0.717, 1.165) is 38.8 Å². The zero-order valence-corrected chi connectivity index (χ0v) is 18.3. The first kappa shape index (κ1) is 22.1. The maximum absolute atomic E-state index is 13.0. The molecule has 0 bridgehead atoms. The molecule has 8 heteroatoms. The predicted molar refractivity (Wildman–Crippen MR) is 119 cm³/mol. The number of benzene rings is 1. The molecule has 1 aromatic carbocycles. The van der Waals surface area contributed by atoms with Crippen molar-refractivity contribution in [1.82, 2.24) is 9.88 Å². The van der Waals surface area contributed by atoms with Gasteiger partial charge in [0, 0.05) is 38.8 Å². The maximum atomic E-state index is 13.0. The van der Waals surface area contributed by atoms with E-state index in [1.54, 1.807) is 24.3 Å². The van der Waals surface area contributed by atoms with E-state index in [0.29, 0.717) is 31.0 Å². The number of anilines is 2. The summed E-state index contributed by atoms with van der Waals surface area (Å²) >= 11 is 0. The van der Waals surface area contributed by atoms with Crippen molar-refractivity contribution in [3.8, 4) is 0 Å². The number of aromatic nitrogens is 1. The van der Waals surface area contributed by atoms with Crippen LogP contribution in [0.4, 0.5) is 11.5 Å². The van der Waals surface area contributed by atoms with Crippen molar-refractivity contribution in [1.29, 1.82) is 0 Å². The van der Waals surface area contributed by atoms with E-state index in [2.05, 4.69) is 10.3 Å². The Labute approximate surface area is 179 Å². The van der Waals surface area contributed by atoms with Crippen LogP contribution in [0.3, 0.4) is 0 Å². The summed E-state index contributed by atoms with van der Waals surface area (Å²) in [7, 11) is -3.67. The number of nitrogens with one attached hydrogen (secondary N) is 1. The van der Waals surface area contributed by atoms with Gasteiger partial charge in [0.05, 0.1) is 5.69 Å². The highest BCUT2D eigenvalue weighted by Gasteiger charge is 2.23. The Morgan fingerprint density at radius 1 is 1.10 bits per heavy atom. The average molecular weight is 431 g/mol. The molecule has 1 amide bonds. The molecule has 0 atom stereocenters. The summed E-state index contributed by atoms with van der Waals surface area (Å²) in [6.07, 6.45) is 6.07. The smallest absolute Gasteiger partial charge is 0.265 e. The van der Waals surface area contributed by atoms with Gasteiger partial charge in [-0.1, -0.05) is 24.6 Å². The van der Waals surface area contributed by atoms with Crippen LogP contribution in [0.1, 0.15) is 39.0 Å². The summed E-state index contributed by atoms with van der Waals surface area (Å²) in [6.45, 7) is 4.40. The largest absolute Gasteiger partial charge is 0.370 e. The number of carbonyl (C=O) groups is 1. The highest BCUT2D eigenvalue weighted by molar-refractivity contribution is 7.92. The Bertz CT molecular complexity index is 917. The Balaban J connectivity index is 1.56. The van der Waals surface area contributed by atoms with Gasteiger partial charge in [-0.3, -0.25) is 9.10 Å². The summed E-state index contributed by atoms with van der Waals surface area (Å²) < 4.78 is 27.4. The number of sulfonamides is 1. The minimum atomic E-state index is -3.67. The first-order valence-electron chi connectivity index (χ1n) is 10.6. The number of hydrogen-bond acceptors (Lipinski definition) is 5. The summed E-state index contributed by atoms with van der Waals surface area (Å²) in [4.78, 5) is 18.4. The standard InChI is InChI=1S/C22H30N4O3S/c1-2-26(19-10-5-3-6-11-19)30(28,29)20-13-14-21(24-18-20)23-15-9-17-25-16-8-4-7-12-22(25)27/h3,5-6,10-11,13-14,18H,2,4,7-9,12,15-17H2,1H3,(H,23,24). The molecular weight excluding hydrogens is 400 g/mol. The van der Waals surface area contributed by atoms with Gasteiger partial charge in [0.2, 0.25) is 5.91 Å². The van der Waals surface area contributed by atoms with Gasteiger partial charge in [-0.25, -0.2) is 13.4 Å². The van der Waals surface area contributed by atoms with E-state index >= 15 is 0 Å². The van der Waals surface area contributed by atoms with Crippen LogP contribution in [0.2, 0.25) is 0 Å². The van der Waals surface area contributed by atoms with Gasteiger partial charge < -0.3 is 10.2 Å². The second-order valence-corrected chi connectivity index (χ2v) is 9.22. The topological polar surface area (TPSA) is 82.6 Å². The lowest BCUT2D eigenvalue weighted by molar-refractivity contribution is -0.130. The summed E-state index contributed by atoms with van der Waals surface area (Å²) in [5.41, 5.74) is 0.630. The Morgan fingerprint density at radius 3 is 2.60 bits per heavy atom. The van der Waals surface area contributed by atoms with Crippen LogP contribution < -0.4 is 9.62 Å². The Hall–Kier alpha value is -2.61. The van der Waals surface area contributed by atoms with Crippen LogP contribution in [-0.4, -0.2) is 50.4 Å². The molecule has 1 aromatic heterocycles. The number of nitrogens with zero attached hydrogens (tertiary/aromatic N) is 3. The lowest BCUT2D eigenvalue weighted by Gasteiger charge is -2.22. The fourth-order valence-electron chi connectivity index (χ4n) is 3.61. The van der Waals surface area contributed by atoms with Gasteiger partial charge in [0.25, 0.3) is 10.0 Å². The minimum Gasteiger partial charge on any atom is -0.370 e. The van der Waals surface area contributed by atoms with Crippen molar-refractivity contribution in [2.45, 2.75) is 43.9 Å². The third kappa shape index (κ3) is 5.50. The monoisotopic (exact) mass is 430 g/mol. The van der Waals surface area contributed by atoms with E-state index in [1.807, 2.05) is 30.0 Å². The van der Waals surface area contributed by atoms with E-state index in [4.69, 9.17) is 0 Å². The summed E-state index contributed by atoms with van der Waals surface area (Å²) in [6, 6.07) is 12.3. The lowest BCUT2D eigenvalue weighted by atomic mass is 10.2. The number of hydrogen-bond donors (Lipinski definition) is 1. The summed E-state index contributed by atoms with van der Waals surface area (Å²) in [5.74, 6) is 0.873. The highest BCUT2D eigenvalue weighted by atomic mass is 32.2. The second kappa shape index (κ2) is 10.4. The average Bonchev–Trinajstić information content (AvgIpc) is 2.97. The molecule has 0 saturated carbocycles. The number of amides is 1. The molecule has 1 aliphatic rings. The van der Waals surface area contributed by atoms with Crippen LogP contribution in [-0.2, 0) is 14.8 Å². The number of para-hydroxylation sites is 1. The Kier molecular flexibility index (Phi) is 7.68. The fourth-order valence-corrected chi connectivity index (χ4v) is 5.03. The molecule has 3 rings (SSSR count). The zero-order chi connectivity index (χ0) is 21.4. The van der Waals surface area contributed by atoms with Gasteiger partial charge in [-0.15, -0.1) is 0 Å². The van der Waals surface area contributed by atoms with Gasteiger partial charge >= 0.3 is 0 Å². The highest BCUT2D eigenvalue weighted by Crippen LogP contribution is 2.23. The number of carbonyl (C=O) groups excluding carboxylic acids is 1. The molecule has 2 aromatic rings. The van der Waals surface area contributed by atoms with Crippen LogP contribution in [0.15, 0.2) is 53.6 Å². The minimum absolute atomic E-state index is 0.161. The van der Waals surface area contributed by atoms with Crippen LogP contribution >= 0.6 is 0 Å². The van der Waals surface area contributed by atoms with E-state index < -0.39 is 10.0 Å². The van der Waals surface area contributed by atoms with E-state index in [9.17, 15) is 13.2 Å². The molecule has 2 heterocycles. The molecule has 0 spiro atoms. The molecule has 0 radical (unpaired) electrons. The molecule has 7 nitrogen and oxygen atoms in total. The van der Waals surface area contributed by atoms with Crippen molar-refractivity contribution < 1.29 is 13.2 Å². The van der Waals surface area contributed by atoms with Crippen LogP contribution in [0, 0.1) is 0 Å². The SMILES string of the molecule is CCN(c1ccccc1)S(=O)(=O)c1ccc(NCCCN2CCCCCC2=O)nc1. The molecule has 0 unspecified atom stereocenters. The number of rotatable bonds is 9. The van der Waals surface area contributed by atoms with Gasteiger partial charge in [-0.05, 0) is 50.5 Å².